The molecule has 1 atom stereocenters. The summed E-state index contributed by atoms with van der Waals surface area (Å²) in [4.78, 5) is 9.01. The fraction of sp³-hybridized carbons (Fsp3) is 0.300. The maximum Gasteiger partial charge on any atom is 0.416 e. The molecule has 0 radical (unpaired) electrons. The molecule has 0 bridgehead atoms. The lowest BCUT2D eigenvalue weighted by molar-refractivity contribution is -0.137. The minimum atomic E-state index is -4.40. The van der Waals surface area contributed by atoms with Gasteiger partial charge in [0.25, 0.3) is 0 Å². The summed E-state index contributed by atoms with van der Waals surface area (Å²) in [6, 6.07) is 22.2. The molecule has 1 N–H and O–H groups in total. The van der Waals surface area contributed by atoms with E-state index < -0.39 is 11.7 Å². The number of anilines is 3. The number of pyridine rings is 1. The molecule has 0 amide bonds. The summed E-state index contributed by atoms with van der Waals surface area (Å²) in [5.74, 6) is 0.903. The average molecular weight is 521 g/mol. The number of rotatable bonds is 7. The van der Waals surface area contributed by atoms with E-state index in [0.717, 1.165) is 49.7 Å². The molecular formula is C30H31F3N4O. The van der Waals surface area contributed by atoms with E-state index in [1.165, 1.54) is 23.5 Å². The molecule has 5 rings (SSSR count). The molecule has 0 spiro atoms. The molecule has 0 aliphatic carbocycles. The van der Waals surface area contributed by atoms with Gasteiger partial charge in [-0.2, -0.15) is 13.2 Å². The summed E-state index contributed by atoms with van der Waals surface area (Å²) >= 11 is 0. The Morgan fingerprint density at radius 3 is 2.42 bits per heavy atom. The number of fused-ring (bicyclic) bond motifs is 1. The predicted octanol–water partition coefficient (Wildman–Crippen LogP) is 7.28. The molecule has 1 aliphatic heterocycles. The first-order valence-electron chi connectivity index (χ1n) is 12.9. The molecule has 198 valence electrons. The Balaban J connectivity index is 1.22. The second kappa shape index (κ2) is 10.9. The number of hydrogen-bond donors (Lipinski definition) is 1. The van der Waals surface area contributed by atoms with Crippen LogP contribution in [0.2, 0.25) is 0 Å². The Kier molecular flexibility index (Phi) is 7.42. The van der Waals surface area contributed by atoms with E-state index in [-0.39, 0.29) is 6.04 Å². The van der Waals surface area contributed by atoms with Crippen molar-refractivity contribution in [3.05, 3.63) is 90.1 Å². The Morgan fingerprint density at radius 1 is 0.947 bits per heavy atom. The van der Waals surface area contributed by atoms with Gasteiger partial charge in [0.2, 0.25) is 0 Å². The molecule has 1 aliphatic rings. The highest BCUT2D eigenvalue weighted by Gasteiger charge is 2.30. The summed E-state index contributed by atoms with van der Waals surface area (Å²) < 4.78 is 44.9. The van der Waals surface area contributed by atoms with Crippen LogP contribution in [-0.2, 0) is 6.18 Å². The molecule has 5 nitrogen and oxygen atoms in total. The minimum absolute atomic E-state index is 0.267. The third-order valence-electron chi connectivity index (χ3n) is 7.10. The predicted molar refractivity (Wildman–Crippen MR) is 146 cm³/mol. The van der Waals surface area contributed by atoms with Gasteiger partial charge >= 0.3 is 6.18 Å². The first-order valence-corrected chi connectivity index (χ1v) is 12.9. The lowest BCUT2D eigenvalue weighted by Crippen LogP contribution is -2.47. The van der Waals surface area contributed by atoms with Crippen molar-refractivity contribution in [1.82, 2.24) is 9.88 Å². The first kappa shape index (κ1) is 25.9. The Bertz CT molecular complexity index is 1380. The van der Waals surface area contributed by atoms with Crippen LogP contribution in [0.3, 0.4) is 0 Å². The van der Waals surface area contributed by atoms with Gasteiger partial charge in [0.1, 0.15) is 5.75 Å². The third-order valence-corrected chi connectivity index (χ3v) is 7.10. The number of alkyl halides is 3. The summed E-state index contributed by atoms with van der Waals surface area (Å²) in [5.41, 5.74) is 3.60. The molecule has 38 heavy (non-hydrogen) atoms. The van der Waals surface area contributed by atoms with E-state index in [9.17, 15) is 13.2 Å². The van der Waals surface area contributed by atoms with Crippen LogP contribution in [0.5, 0.6) is 5.75 Å². The normalized spacial score (nSPS) is 15.4. The second-order valence-electron chi connectivity index (χ2n) is 9.46. The van der Waals surface area contributed by atoms with Crippen molar-refractivity contribution in [2.75, 3.05) is 43.0 Å². The Morgan fingerprint density at radius 2 is 1.71 bits per heavy atom. The quantitative estimate of drug-likeness (QED) is 0.277. The lowest BCUT2D eigenvalue weighted by atomic mass is 10.0. The molecule has 4 aromatic rings. The molecule has 8 heteroatoms. The van der Waals surface area contributed by atoms with Crippen molar-refractivity contribution < 1.29 is 17.9 Å². The van der Waals surface area contributed by atoms with Crippen molar-refractivity contribution in [2.24, 2.45) is 0 Å². The van der Waals surface area contributed by atoms with Gasteiger partial charge in [0.05, 0.1) is 17.7 Å². The number of benzene rings is 3. The second-order valence-corrected chi connectivity index (χ2v) is 9.46. The fourth-order valence-corrected chi connectivity index (χ4v) is 4.95. The number of halogens is 3. The molecule has 0 saturated carbocycles. The number of aromatic nitrogens is 1. The molecule has 1 aromatic heterocycles. The number of ether oxygens (including phenoxy) is 1. The van der Waals surface area contributed by atoms with Crippen LogP contribution < -0.4 is 15.0 Å². The van der Waals surface area contributed by atoms with Crippen molar-refractivity contribution in [2.45, 2.75) is 26.1 Å². The van der Waals surface area contributed by atoms with E-state index in [1.807, 2.05) is 31.2 Å². The van der Waals surface area contributed by atoms with Gasteiger partial charge in [-0.3, -0.25) is 9.88 Å². The van der Waals surface area contributed by atoms with Gasteiger partial charge in [-0.15, -0.1) is 0 Å². The maximum atomic E-state index is 13.1. The molecule has 2 heterocycles. The van der Waals surface area contributed by atoms with E-state index in [1.54, 1.807) is 6.07 Å². The molecule has 3 aromatic carbocycles. The largest absolute Gasteiger partial charge is 0.494 e. The SMILES string of the molecule is CCOc1cccc(N2CCN(C(C)c3ccc(Nc4ccnc5cc(C(F)(F)F)ccc45)cc3)CC2)c1. The third kappa shape index (κ3) is 5.70. The van der Waals surface area contributed by atoms with Crippen LogP contribution >= 0.6 is 0 Å². The van der Waals surface area contributed by atoms with Crippen molar-refractivity contribution in [3.8, 4) is 5.75 Å². The zero-order chi connectivity index (χ0) is 26.7. The van der Waals surface area contributed by atoms with Gasteiger partial charge in [0, 0.05) is 66.9 Å². The molecule has 1 saturated heterocycles. The van der Waals surface area contributed by atoms with Crippen LogP contribution in [0, 0.1) is 0 Å². The Labute approximate surface area is 220 Å². The fourth-order valence-electron chi connectivity index (χ4n) is 4.95. The molecule has 1 fully saturated rings. The standard InChI is InChI=1S/C30H31F3N4O/c1-3-38-26-6-4-5-25(20-26)37-17-15-36(16-18-37)21(2)22-7-10-24(11-8-22)35-28-13-14-34-29-19-23(30(31,32)33)9-12-27(28)29/h4-14,19-21H,3,15-18H2,1-2H3,(H,34,35). The summed E-state index contributed by atoms with van der Waals surface area (Å²) in [5, 5.41) is 3.98. The average Bonchev–Trinajstić information content (AvgIpc) is 2.93. The van der Waals surface area contributed by atoms with E-state index in [0.29, 0.717) is 23.2 Å². The summed E-state index contributed by atoms with van der Waals surface area (Å²) in [6.45, 7) is 8.70. The van der Waals surface area contributed by atoms with E-state index in [4.69, 9.17) is 4.74 Å². The Hall–Kier alpha value is -3.78. The highest BCUT2D eigenvalue weighted by atomic mass is 19.4. The van der Waals surface area contributed by atoms with Crippen LogP contribution in [0.4, 0.5) is 30.2 Å². The summed E-state index contributed by atoms with van der Waals surface area (Å²) in [6.07, 6.45) is -2.87. The smallest absolute Gasteiger partial charge is 0.416 e. The molecular weight excluding hydrogens is 489 g/mol. The van der Waals surface area contributed by atoms with Crippen LogP contribution in [0.25, 0.3) is 10.9 Å². The van der Waals surface area contributed by atoms with Crippen LogP contribution in [0.1, 0.15) is 31.0 Å². The zero-order valence-electron chi connectivity index (χ0n) is 21.5. The van der Waals surface area contributed by atoms with Gasteiger partial charge in [-0.05, 0) is 61.9 Å². The number of hydrogen-bond acceptors (Lipinski definition) is 5. The van der Waals surface area contributed by atoms with Gasteiger partial charge < -0.3 is 15.0 Å². The highest BCUT2D eigenvalue weighted by molar-refractivity contribution is 5.93. The van der Waals surface area contributed by atoms with Gasteiger partial charge in [0.15, 0.2) is 0 Å². The van der Waals surface area contributed by atoms with Crippen molar-refractivity contribution >= 4 is 28.0 Å². The minimum Gasteiger partial charge on any atom is -0.494 e. The van der Waals surface area contributed by atoms with E-state index in [2.05, 4.69) is 51.3 Å². The highest BCUT2D eigenvalue weighted by Crippen LogP contribution is 2.34. The topological polar surface area (TPSA) is 40.6 Å². The van der Waals surface area contributed by atoms with Gasteiger partial charge in [-0.1, -0.05) is 24.3 Å². The monoisotopic (exact) mass is 520 g/mol. The molecule has 1 unspecified atom stereocenters. The first-order chi connectivity index (χ1) is 18.3. The van der Waals surface area contributed by atoms with Crippen LogP contribution in [-0.4, -0.2) is 42.7 Å². The van der Waals surface area contributed by atoms with Crippen LogP contribution in [0.15, 0.2) is 79.0 Å². The van der Waals surface area contributed by atoms with Crippen molar-refractivity contribution in [1.29, 1.82) is 0 Å². The zero-order valence-corrected chi connectivity index (χ0v) is 21.5. The number of piperazine rings is 1. The van der Waals surface area contributed by atoms with Gasteiger partial charge in [-0.25, -0.2) is 0 Å². The van der Waals surface area contributed by atoms with Crippen molar-refractivity contribution in [3.63, 3.8) is 0 Å². The number of nitrogens with zero attached hydrogens (tertiary/aromatic N) is 3. The maximum absolute atomic E-state index is 13.1. The summed E-state index contributed by atoms with van der Waals surface area (Å²) in [7, 11) is 0. The lowest BCUT2D eigenvalue weighted by Gasteiger charge is -2.39. The van der Waals surface area contributed by atoms with E-state index >= 15 is 0 Å². The number of nitrogens with one attached hydrogen (secondary N) is 1.